The van der Waals surface area contributed by atoms with E-state index in [1.165, 1.54) is 23.1 Å². The lowest BCUT2D eigenvalue weighted by molar-refractivity contribution is -0.123. The van der Waals surface area contributed by atoms with E-state index in [-0.39, 0.29) is 12.5 Å². The van der Waals surface area contributed by atoms with Crippen molar-refractivity contribution in [2.75, 3.05) is 6.61 Å². The van der Waals surface area contributed by atoms with E-state index in [2.05, 4.69) is 17.5 Å². The first-order chi connectivity index (χ1) is 16.5. The Hall–Kier alpha value is -3.68. The molecule has 0 aliphatic rings. The topological polar surface area (TPSA) is 77.0 Å². The summed E-state index contributed by atoms with van der Waals surface area (Å²) in [5.74, 6) is 0.117. The fourth-order valence-electron chi connectivity index (χ4n) is 3.10. The number of ether oxygens (including phenoxy) is 2. The molecule has 8 heteroatoms. The molecule has 0 saturated carbocycles. The van der Waals surface area contributed by atoms with E-state index in [0.29, 0.717) is 21.4 Å². The normalized spacial score (nSPS) is 11.0. The molecule has 0 atom stereocenters. The van der Waals surface area contributed by atoms with Crippen molar-refractivity contribution in [2.45, 2.75) is 13.3 Å². The van der Waals surface area contributed by atoms with Crippen LogP contribution >= 0.6 is 22.9 Å². The van der Waals surface area contributed by atoms with Crippen LogP contribution < -0.4 is 14.9 Å². The van der Waals surface area contributed by atoms with Crippen molar-refractivity contribution in [3.05, 3.63) is 93.8 Å². The highest BCUT2D eigenvalue weighted by Gasteiger charge is 2.18. The van der Waals surface area contributed by atoms with Crippen LogP contribution in [0.4, 0.5) is 0 Å². The van der Waals surface area contributed by atoms with Crippen molar-refractivity contribution in [1.82, 2.24) is 5.43 Å². The Balaban J connectivity index is 1.27. The molecule has 4 aromatic rings. The number of fused-ring (bicyclic) bond motifs is 1. The van der Waals surface area contributed by atoms with Crippen LogP contribution in [0.2, 0.25) is 5.02 Å². The Morgan fingerprint density at radius 3 is 2.41 bits per heavy atom. The molecule has 0 aliphatic heterocycles. The summed E-state index contributed by atoms with van der Waals surface area (Å²) >= 11 is 7.64. The smallest absolute Gasteiger partial charge is 0.355 e. The molecule has 1 heterocycles. The maximum Gasteiger partial charge on any atom is 0.355 e. The lowest BCUT2D eigenvalue weighted by Gasteiger charge is -2.05. The van der Waals surface area contributed by atoms with Gasteiger partial charge >= 0.3 is 5.97 Å². The SMILES string of the molecule is CCc1ccc(OCC(=O)N/N=C\c2ccc(OC(=O)c3sc4ccccc4c3Cl)cc2)cc1. The largest absolute Gasteiger partial charge is 0.484 e. The molecule has 0 bridgehead atoms. The molecular formula is C26H21ClN2O4S. The van der Waals surface area contributed by atoms with E-state index >= 15 is 0 Å². The van der Waals surface area contributed by atoms with Gasteiger partial charge in [-0.2, -0.15) is 5.10 Å². The van der Waals surface area contributed by atoms with E-state index in [1.54, 1.807) is 24.3 Å². The van der Waals surface area contributed by atoms with E-state index in [1.807, 2.05) is 48.5 Å². The molecule has 0 saturated heterocycles. The predicted octanol–water partition coefficient (Wildman–Crippen LogP) is 5.87. The van der Waals surface area contributed by atoms with Gasteiger partial charge in [0.25, 0.3) is 5.91 Å². The highest BCUT2D eigenvalue weighted by molar-refractivity contribution is 7.21. The van der Waals surface area contributed by atoms with Gasteiger partial charge in [-0.05, 0) is 60.0 Å². The Bertz CT molecular complexity index is 1330. The molecule has 4 rings (SSSR count). The van der Waals surface area contributed by atoms with Crippen molar-refractivity contribution >= 4 is 51.1 Å². The maximum absolute atomic E-state index is 12.6. The zero-order valence-corrected chi connectivity index (χ0v) is 19.9. The number of halogens is 1. The summed E-state index contributed by atoms with van der Waals surface area (Å²) in [6, 6.07) is 21.9. The summed E-state index contributed by atoms with van der Waals surface area (Å²) < 4.78 is 11.8. The van der Waals surface area contributed by atoms with Crippen molar-refractivity contribution in [1.29, 1.82) is 0 Å². The second-order valence-corrected chi connectivity index (χ2v) is 8.71. The van der Waals surface area contributed by atoms with Gasteiger partial charge in [0.15, 0.2) is 6.61 Å². The quantitative estimate of drug-likeness (QED) is 0.144. The zero-order chi connectivity index (χ0) is 23.9. The van der Waals surface area contributed by atoms with Gasteiger partial charge in [-0.25, -0.2) is 10.2 Å². The van der Waals surface area contributed by atoms with E-state index in [4.69, 9.17) is 21.1 Å². The fourth-order valence-corrected chi connectivity index (χ4v) is 4.49. The minimum atomic E-state index is -0.510. The summed E-state index contributed by atoms with van der Waals surface area (Å²) in [5.41, 5.74) is 4.34. The molecule has 0 fully saturated rings. The van der Waals surface area contributed by atoms with Crippen LogP contribution in [0.5, 0.6) is 11.5 Å². The third-order valence-electron chi connectivity index (χ3n) is 4.92. The number of esters is 1. The van der Waals surface area contributed by atoms with Gasteiger partial charge in [-0.3, -0.25) is 4.79 Å². The number of hydrazone groups is 1. The maximum atomic E-state index is 12.6. The van der Waals surface area contributed by atoms with Crippen molar-refractivity contribution < 1.29 is 19.1 Å². The highest BCUT2D eigenvalue weighted by Crippen LogP contribution is 2.35. The predicted molar refractivity (Wildman–Crippen MR) is 135 cm³/mol. The van der Waals surface area contributed by atoms with Crippen LogP contribution in [0.3, 0.4) is 0 Å². The number of nitrogens with one attached hydrogen (secondary N) is 1. The second kappa shape index (κ2) is 11.0. The lowest BCUT2D eigenvalue weighted by atomic mass is 10.2. The number of thiophene rings is 1. The Morgan fingerprint density at radius 2 is 1.71 bits per heavy atom. The van der Waals surface area contributed by atoms with Gasteiger partial charge in [0.2, 0.25) is 0 Å². The van der Waals surface area contributed by atoms with Crippen LogP contribution in [0.1, 0.15) is 27.7 Å². The number of hydrogen-bond donors (Lipinski definition) is 1. The van der Waals surface area contributed by atoms with Gasteiger partial charge < -0.3 is 9.47 Å². The average Bonchev–Trinajstić information content (AvgIpc) is 3.21. The summed E-state index contributed by atoms with van der Waals surface area (Å²) in [6.07, 6.45) is 2.43. The number of carbonyl (C=O) groups excluding carboxylic acids is 2. The first-order valence-corrected chi connectivity index (χ1v) is 11.8. The molecule has 1 aromatic heterocycles. The lowest BCUT2D eigenvalue weighted by Crippen LogP contribution is -2.24. The number of aryl methyl sites for hydroxylation is 1. The zero-order valence-electron chi connectivity index (χ0n) is 18.3. The van der Waals surface area contributed by atoms with Gasteiger partial charge in [0.05, 0.1) is 11.2 Å². The number of hydrogen-bond acceptors (Lipinski definition) is 6. The fraction of sp³-hybridized carbons (Fsp3) is 0.115. The Kier molecular flexibility index (Phi) is 7.57. The number of nitrogens with zero attached hydrogens (tertiary/aromatic N) is 1. The van der Waals surface area contributed by atoms with Crippen LogP contribution in [0.25, 0.3) is 10.1 Å². The summed E-state index contributed by atoms with van der Waals surface area (Å²) in [6.45, 7) is 1.93. The van der Waals surface area contributed by atoms with Crippen molar-refractivity contribution in [2.24, 2.45) is 5.10 Å². The third kappa shape index (κ3) is 5.81. The molecule has 3 aromatic carbocycles. The molecule has 172 valence electrons. The summed E-state index contributed by atoms with van der Waals surface area (Å²) in [5, 5.41) is 5.15. The minimum Gasteiger partial charge on any atom is -0.484 e. The van der Waals surface area contributed by atoms with Gasteiger partial charge in [-0.1, -0.05) is 48.9 Å². The molecule has 34 heavy (non-hydrogen) atoms. The highest BCUT2D eigenvalue weighted by atomic mass is 35.5. The third-order valence-corrected chi connectivity index (χ3v) is 6.57. The number of carbonyl (C=O) groups is 2. The molecule has 0 aliphatic carbocycles. The molecule has 1 amide bonds. The van der Waals surface area contributed by atoms with Crippen molar-refractivity contribution in [3.63, 3.8) is 0 Å². The van der Waals surface area contributed by atoms with Gasteiger partial charge in [-0.15, -0.1) is 11.3 Å². The monoisotopic (exact) mass is 492 g/mol. The summed E-state index contributed by atoms with van der Waals surface area (Å²) in [7, 11) is 0. The minimum absolute atomic E-state index is 0.141. The van der Waals surface area contributed by atoms with E-state index < -0.39 is 5.97 Å². The van der Waals surface area contributed by atoms with Crippen LogP contribution in [-0.4, -0.2) is 24.7 Å². The molecule has 1 N–H and O–H groups in total. The van der Waals surface area contributed by atoms with E-state index in [9.17, 15) is 9.59 Å². The van der Waals surface area contributed by atoms with Gasteiger partial charge in [0.1, 0.15) is 16.4 Å². The Labute approximate surface area is 205 Å². The van der Waals surface area contributed by atoms with Crippen molar-refractivity contribution in [3.8, 4) is 11.5 Å². The van der Waals surface area contributed by atoms with Crippen LogP contribution in [-0.2, 0) is 11.2 Å². The molecule has 0 spiro atoms. The summed E-state index contributed by atoms with van der Waals surface area (Å²) in [4.78, 5) is 24.8. The second-order valence-electron chi connectivity index (χ2n) is 7.28. The molecule has 0 radical (unpaired) electrons. The average molecular weight is 493 g/mol. The number of amides is 1. The molecule has 6 nitrogen and oxygen atoms in total. The standard InChI is InChI=1S/C26H21ClN2O4S/c1-2-17-7-11-19(12-8-17)32-16-23(30)29-28-15-18-9-13-20(14-10-18)33-26(31)25-24(27)21-5-3-4-6-22(21)34-25/h3-15H,2,16H2,1H3,(H,29,30)/b28-15-. The number of benzene rings is 3. The molecule has 0 unspecified atom stereocenters. The van der Waals surface area contributed by atoms with Crippen LogP contribution in [0, 0.1) is 0 Å². The first kappa shape index (κ1) is 23.5. The first-order valence-electron chi connectivity index (χ1n) is 10.6. The van der Waals surface area contributed by atoms with Crippen LogP contribution in [0.15, 0.2) is 77.9 Å². The Morgan fingerprint density at radius 1 is 1.00 bits per heavy atom. The van der Waals surface area contributed by atoms with Gasteiger partial charge in [0, 0.05) is 10.1 Å². The molecular weight excluding hydrogens is 472 g/mol. The van der Waals surface area contributed by atoms with E-state index in [0.717, 1.165) is 22.1 Å². The number of rotatable bonds is 8.